The van der Waals surface area contributed by atoms with Gasteiger partial charge in [0.05, 0.1) is 18.8 Å². The minimum absolute atomic E-state index is 0.0764. The molecule has 0 spiro atoms. The molecule has 0 aromatic carbocycles. The fourth-order valence-corrected chi connectivity index (χ4v) is 1.66. The first-order valence-corrected chi connectivity index (χ1v) is 5.85. The van der Waals surface area contributed by atoms with Gasteiger partial charge in [-0.25, -0.2) is 0 Å². The Hall–Kier alpha value is -1.29. The van der Waals surface area contributed by atoms with Crippen LogP contribution in [0.2, 0.25) is 0 Å². The normalized spacial score (nSPS) is 17.1. The number of furan rings is 1. The summed E-state index contributed by atoms with van der Waals surface area (Å²) >= 11 is 0. The van der Waals surface area contributed by atoms with Crippen LogP contribution in [0.3, 0.4) is 0 Å². The summed E-state index contributed by atoms with van der Waals surface area (Å²) in [5.41, 5.74) is 0. The Labute approximate surface area is 95.4 Å². The molecule has 88 valence electrons. The highest BCUT2D eigenvalue weighted by Gasteiger charge is 2.23. The third-order valence-corrected chi connectivity index (χ3v) is 2.75. The van der Waals surface area contributed by atoms with Gasteiger partial charge in [-0.1, -0.05) is 6.92 Å². The van der Waals surface area contributed by atoms with Gasteiger partial charge in [0.2, 0.25) is 5.91 Å². The maximum Gasteiger partial charge on any atom is 0.234 e. The summed E-state index contributed by atoms with van der Waals surface area (Å²) in [6.45, 7) is 2.43. The molecule has 1 heterocycles. The molecule has 0 aliphatic heterocycles. The van der Waals surface area contributed by atoms with Crippen LogP contribution in [0.4, 0.5) is 0 Å². The summed E-state index contributed by atoms with van der Waals surface area (Å²) in [7, 11) is 0. The molecule has 1 fully saturated rings. The summed E-state index contributed by atoms with van der Waals surface area (Å²) in [4.78, 5) is 11.5. The largest absolute Gasteiger partial charge is 0.468 e. The second kappa shape index (κ2) is 5.16. The van der Waals surface area contributed by atoms with Crippen molar-refractivity contribution in [2.24, 2.45) is 0 Å². The van der Waals surface area contributed by atoms with E-state index in [0.717, 1.165) is 25.0 Å². The SMILES string of the molecule is CCC(NCC(=O)NC1CC1)c1ccco1. The first-order chi connectivity index (χ1) is 7.79. The Bertz CT molecular complexity index is 331. The predicted molar refractivity (Wildman–Crippen MR) is 60.9 cm³/mol. The molecule has 1 atom stereocenters. The van der Waals surface area contributed by atoms with Crippen LogP contribution in [0.25, 0.3) is 0 Å². The van der Waals surface area contributed by atoms with Gasteiger partial charge in [-0.2, -0.15) is 0 Å². The second-order valence-corrected chi connectivity index (χ2v) is 4.20. The molecule has 1 unspecified atom stereocenters. The summed E-state index contributed by atoms with van der Waals surface area (Å²) in [5.74, 6) is 0.967. The number of nitrogens with one attached hydrogen (secondary N) is 2. The third kappa shape index (κ3) is 3.10. The van der Waals surface area contributed by atoms with Crippen LogP contribution in [0, 0.1) is 0 Å². The van der Waals surface area contributed by atoms with Gasteiger partial charge in [0.25, 0.3) is 0 Å². The van der Waals surface area contributed by atoms with Crippen LogP contribution in [-0.2, 0) is 4.79 Å². The maximum absolute atomic E-state index is 11.5. The number of hydrogen-bond acceptors (Lipinski definition) is 3. The summed E-state index contributed by atoms with van der Waals surface area (Å²) in [5, 5.41) is 6.15. The standard InChI is InChI=1S/C12H18N2O2/c1-2-10(11-4-3-7-16-11)13-8-12(15)14-9-5-6-9/h3-4,7,9-10,13H,2,5-6,8H2,1H3,(H,14,15). The molecule has 1 amide bonds. The molecule has 16 heavy (non-hydrogen) atoms. The molecule has 0 saturated heterocycles. The molecule has 2 N–H and O–H groups in total. The van der Waals surface area contributed by atoms with Crippen molar-refractivity contribution in [1.82, 2.24) is 10.6 Å². The van der Waals surface area contributed by atoms with Crippen LogP contribution in [0.15, 0.2) is 22.8 Å². The van der Waals surface area contributed by atoms with E-state index in [9.17, 15) is 4.79 Å². The first-order valence-electron chi connectivity index (χ1n) is 5.85. The molecule has 4 nitrogen and oxygen atoms in total. The highest BCUT2D eigenvalue weighted by molar-refractivity contribution is 5.78. The van der Waals surface area contributed by atoms with Gasteiger partial charge < -0.3 is 9.73 Å². The summed E-state index contributed by atoms with van der Waals surface area (Å²) < 4.78 is 5.32. The number of amides is 1. The van der Waals surface area contributed by atoms with Gasteiger partial charge in [-0.15, -0.1) is 0 Å². The highest BCUT2D eigenvalue weighted by atomic mass is 16.3. The molecular weight excluding hydrogens is 204 g/mol. The van der Waals surface area contributed by atoms with Crippen molar-refractivity contribution in [3.8, 4) is 0 Å². The Morgan fingerprint density at radius 3 is 3.00 bits per heavy atom. The van der Waals surface area contributed by atoms with Gasteiger partial charge in [0.15, 0.2) is 0 Å². The van der Waals surface area contributed by atoms with Gasteiger partial charge >= 0.3 is 0 Å². The van der Waals surface area contributed by atoms with E-state index in [1.807, 2.05) is 12.1 Å². The average molecular weight is 222 g/mol. The van der Waals surface area contributed by atoms with E-state index in [1.54, 1.807) is 6.26 Å². The average Bonchev–Trinajstić information content (AvgIpc) is 2.92. The van der Waals surface area contributed by atoms with E-state index in [0.29, 0.717) is 12.6 Å². The number of rotatable bonds is 6. The van der Waals surface area contributed by atoms with Crippen LogP contribution >= 0.6 is 0 Å². The molecule has 0 radical (unpaired) electrons. The van der Waals surface area contributed by atoms with Crippen LogP contribution in [0.5, 0.6) is 0 Å². The zero-order valence-electron chi connectivity index (χ0n) is 9.53. The topological polar surface area (TPSA) is 54.3 Å². The Balaban J connectivity index is 1.76. The quantitative estimate of drug-likeness (QED) is 0.768. The molecule has 1 aromatic heterocycles. The molecule has 2 rings (SSSR count). The fraction of sp³-hybridized carbons (Fsp3) is 0.583. The van der Waals surface area contributed by atoms with Crippen molar-refractivity contribution in [1.29, 1.82) is 0 Å². The Morgan fingerprint density at radius 2 is 2.44 bits per heavy atom. The summed E-state index contributed by atoms with van der Waals surface area (Å²) in [6.07, 6.45) is 4.82. The predicted octanol–water partition coefficient (Wildman–Crippen LogP) is 1.60. The molecule has 1 aromatic rings. The molecular formula is C12H18N2O2. The lowest BCUT2D eigenvalue weighted by Crippen LogP contribution is -2.36. The third-order valence-electron chi connectivity index (χ3n) is 2.75. The smallest absolute Gasteiger partial charge is 0.234 e. The van der Waals surface area contributed by atoms with E-state index in [2.05, 4.69) is 17.6 Å². The molecule has 1 aliphatic rings. The van der Waals surface area contributed by atoms with E-state index >= 15 is 0 Å². The summed E-state index contributed by atoms with van der Waals surface area (Å²) in [6, 6.07) is 4.35. The minimum Gasteiger partial charge on any atom is -0.468 e. The zero-order chi connectivity index (χ0) is 11.4. The number of hydrogen-bond donors (Lipinski definition) is 2. The van der Waals surface area contributed by atoms with Crippen molar-refractivity contribution >= 4 is 5.91 Å². The van der Waals surface area contributed by atoms with Crippen LogP contribution in [-0.4, -0.2) is 18.5 Å². The second-order valence-electron chi connectivity index (χ2n) is 4.20. The van der Waals surface area contributed by atoms with Crippen molar-refractivity contribution in [2.75, 3.05) is 6.54 Å². The van der Waals surface area contributed by atoms with Crippen molar-refractivity contribution in [3.63, 3.8) is 0 Å². The Kier molecular flexibility index (Phi) is 3.62. The first kappa shape index (κ1) is 11.2. The van der Waals surface area contributed by atoms with Gasteiger partial charge in [-0.3, -0.25) is 10.1 Å². The maximum atomic E-state index is 11.5. The Morgan fingerprint density at radius 1 is 1.62 bits per heavy atom. The lowest BCUT2D eigenvalue weighted by atomic mass is 10.2. The van der Waals surface area contributed by atoms with Crippen LogP contribution in [0.1, 0.15) is 38.0 Å². The van der Waals surface area contributed by atoms with E-state index in [-0.39, 0.29) is 11.9 Å². The minimum atomic E-state index is 0.0764. The molecule has 4 heteroatoms. The number of carbonyl (C=O) groups excluding carboxylic acids is 1. The lowest BCUT2D eigenvalue weighted by molar-refractivity contribution is -0.120. The van der Waals surface area contributed by atoms with Gasteiger partial charge in [0.1, 0.15) is 5.76 Å². The molecule has 0 bridgehead atoms. The van der Waals surface area contributed by atoms with Gasteiger partial charge in [0, 0.05) is 6.04 Å². The molecule has 1 aliphatic carbocycles. The van der Waals surface area contributed by atoms with E-state index in [4.69, 9.17) is 4.42 Å². The van der Waals surface area contributed by atoms with Crippen molar-refractivity contribution in [3.05, 3.63) is 24.2 Å². The lowest BCUT2D eigenvalue weighted by Gasteiger charge is -2.14. The molecule has 1 saturated carbocycles. The highest BCUT2D eigenvalue weighted by Crippen LogP contribution is 2.19. The fourth-order valence-electron chi connectivity index (χ4n) is 1.66. The van der Waals surface area contributed by atoms with E-state index in [1.165, 1.54) is 0 Å². The van der Waals surface area contributed by atoms with Crippen molar-refractivity contribution in [2.45, 2.75) is 38.3 Å². The number of carbonyl (C=O) groups is 1. The van der Waals surface area contributed by atoms with E-state index < -0.39 is 0 Å². The van der Waals surface area contributed by atoms with Crippen LogP contribution < -0.4 is 10.6 Å². The zero-order valence-corrected chi connectivity index (χ0v) is 9.53. The van der Waals surface area contributed by atoms with Gasteiger partial charge in [-0.05, 0) is 31.4 Å². The van der Waals surface area contributed by atoms with Crippen molar-refractivity contribution < 1.29 is 9.21 Å². The monoisotopic (exact) mass is 222 g/mol.